The van der Waals surface area contributed by atoms with Crippen LogP contribution in [-0.2, 0) is 11.8 Å². The molecule has 1 saturated heterocycles. The third-order valence-corrected chi connectivity index (χ3v) is 3.46. The maximum absolute atomic E-state index is 11.6. The van der Waals surface area contributed by atoms with Gasteiger partial charge in [-0.25, -0.2) is 4.79 Å². The smallest absolute Gasteiger partial charge is 0.326 e. The fourth-order valence-corrected chi connectivity index (χ4v) is 2.36. The molecule has 0 bridgehead atoms. The quantitative estimate of drug-likeness (QED) is 0.601. The summed E-state index contributed by atoms with van der Waals surface area (Å²) in [6.07, 6.45) is 1.72. The predicted molar refractivity (Wildman–Crippen MR) is 72.3 cm³/mol. The van der Waals surface area contributed by atoms with Gasteiger partial charge in [0.15, 0.2) is 0 Å². The molecule has 0 unspecified atom stereocenters. The molecule has 19 heavy (non-hydrogen) atoms. The third-order valence-electron chi connectivity index (χ3n) is 3.46. The van der Waals surface area contributed by atoms with E-state index in [0.29, 0.717) is 0 Å². The van der Waals surface area contributed by atoms with Crippen LogP contribution in [0.25, 0.3) is 17.0 Å². The highest BCUT2D eigenvalue weighted by molar-refractivity contribution is 6.14. The Morgan fingerprint density at radius 3 is 2.58 bits per heavy atom. The minimum absolute atomic E-state index is 0.282. The third kappa shape index (κ3) is 1.71. The number of aryl methyl sites for hydroxylation is 1. The Labute approximate surface area is 109 Å². The van der Waals surface area contributed by atoms with Crippen LogP contribution in [0.3, 0.4) is 0 Å². The van der Waals surface area contributed by atoms with E-state index in [0.717, 1.165) is 22.2 Å². The number of carbonyl (C=O) groups is 2. The van der Waals surface area contributed by atoms with Crippen LogP contribution in [0.2, 0.25) is 0 Å². The highest BCUT2D eigenvalue weighted by atomic mass is 16.2. The standard InChI is InChI=1S/C14H13N3O2/c1-8-10(7-11-13(18)16-14(19)15-11)9-5-3-4-6-12(9)17(8)2/h3-7H,1-2H3,(H2,15,16,18,19)/b11-7-. The van der Waals surface area contributed by atoms with E-state index in [2.05, 4.69) is 15.2 Å². The predicted octanol–water partition coefficient (Wildman–Crippen LogP) is 1.67. The maximum Gasteiger partial charge on any atom is 0.326 e. The van der Waals surface area contributed by atoms with Gasteiger partial charge in [0.05, 0.1) is 0 Å². The second kappa shape index (κ2) is 3.98. The first-order chi connectivity index (χ1) is 9.08. The molecule has 0 aliphatic carbocycles. The lowest BCUT2D eigenvalue weighted by molar-refractivity contribution is -0.115. The number of nitrogens with one attached hydrogen (secondary N) is 2. The Bertz CT molecular complexity index is 740. The SMILES string of the molecule is Cc1c(/C=C2\NC(=O)NC2=O)c2ccccc2n1C. The van der Waals surface area contributed by atoms with Crippen molar-refractivity contribution in [3.8, 4) is 0 Å². The molecule has 5 nitrogen and oxygen atoms in total. The van der Waals surface area contributed by atoms with E-state index in [-0.39, 0.29) is 5.70 Å². The summed E-state index contributed by atoms with van der Waals surface area (Å²) in [4.78, 5) is 22.7. The Balaban J connectivity index is 2.21. The topological polar surface area (TPSA) is 63.1 Å². The summed E-state index contributed by atoms with van der Waals surface area (Å²) in [7, 11) is 1.98. The number of carbonyl (C=O) groups excluding carboxylic acids is 2. The van der Waals surface area contributed by atoms with E-state index in [1.807, 2.05) is 38.2 Å². The van der Waals surface area contributed by atoms with Gasteiger partial charge < -0.3 is 9.88 Å². The molecule has 96 valence electrons. The number of benzene rings is 1. The van der Waals surface area contributed by atoms with Crippen LogP contribution in [0.15, 0.2) is 30.0 Å². The van der Waals surface area contributed by atoms with E-state index in [1.54, 1.807) is 6.08 Å². The monoisotopic (exact) mass is 255 g/mol. The first-order valence-corrected chi connectivity index (χ1v) is 5.96. The van der Waals surface area contributed by atoms with E-state index in [9.17, 15) is 9.59 Å². The number of rotatable bonds is 1. The Hall–Kier alpha value is -2.56. The van der Waals surface area contributed by atoms with Gasteiger partial charge in [-0.1, -0.05) is 18.2 Å². The zero-order valence-corrected chi connectivity index (χ0v) is 10.7. The minimum Gasteiger partial charge on any atom is -0.347 e. The average molecular weight is 255 g/mol. The zero-order chi connectivity index (χ0) is 13.6. The summed E-state index contributed by atoms with van der Waals surface area (Å²) in [5, 5.41) is 5.76. The van der Waals surface area contributed by atoms with Crippen molar-refractivity contribution in [2.45, 2.75) is 6.92 Å². The van der Waals surface area contributed by atoms with E-state index >= 15 is 0 Å². The van der Waals surface area contributed by atoms with Gasteiger partial charge in [0.25, 0.3) is 5.91 Å². The summed E-state index contributed by atoms with van der Waals surface area (Å²) >= 11 is 0. The average Bonchev–Trinajstić information content (AvgIpc) is 2.83. The molecular weight excluding hydrogens is 242 g/mol. The van der Waals surface area contributed by atoms with Gasteiger partial charge in [0.2, 0.25) is 0 Å². The number of amides is 3. The molecule has 2 aromatic rings. The van der Waals surface area contributed by atoms with E-state index in [1.165, 1.54) is 0 Å². The molecule has 0 radical (unpaired) electrons. The first-order valence-electron chi connectivity index (χ1n) is 5.96. The molecule has 2 N–H and O–H groups in total. The van der Waals surface area contributed by atoms with E-state index in [4.69, 9.17) is 0 Å². The number of aromatic nitrogens is 1. The number of hydrogen-bond donors (Lipinski definition) is 2. The molecule has 1 aromatic heterocycles. The van der Waals surface area contributed by atoms with E-state index < -0.39 is 11.9 Å². The summed E-state index contributed by atoms with van der Waals surface area (Å²) in [5.74, 6) is -0.391. The van der Waals surface area contributed by atoms with Crippen molar-refractivity contribution in [2.24, 2.45) is 7.05 Å². The van der Waals surface area contributed by atoms with Crippen molar-refractivity contribution in [1.29, 1.82) is 0 Å². The van der Waals surface area contributed by atoms with Gasteiger partial charge in [0, 0.05) is 29.2 Å². The Morgan fingerprint density at radius 2 is 1.89 bits per heavy atom. The molecule has 3 rings (SSSR count). The molecule has 0 spiro atoms. The first kappa shape index (κ1) is 11.5. The second-order valence-electron chi connectivity index (χ2n) is 4.54. The summed E-state index contributed by atoms with van der Waals surface area (Å²) < 4.78 is 2.07. The summed E-state index contributed by atoms with van der Waals surface area (Å²) in [6, 6.07) is 7.48. The van der Waals surface area contributed by atoms with Crippen LogP contribution >= 0.6 is 0 Å². The van der Waals surface area contributed by atoms with Crippen LogP contribution in [0.4, 0.5) is 4.79 Å². The van der Waals surface area contributed by atoms with Crippen LogP contribution in [0.5, 0.6) is 0 Å². The summed E-state index contributed by atoms with van der Waals surface area (Å²) in [6.45, 7) is 1.99. The van der Waals surface area contributed by atoms with Gasteiger partial charge in [0.1, 0.15) is 5.70 Å². The van der Waals surface area contributed by atoms with Crippen molar-refractivity contribution in [3.05, 3.63) is 41.2 Å². The summed E-state index contributed by atoms with van der Waals surface area (Å²) in [5.41, 5.74) is 3.37. The van der Waals surface area contributed by atoms with Crippen LogP contribution in [0.1, 0.15) is 11.3 Å². The van der Waals surface area contributed by atoms with Gasteiger partial charge in [-0.2, -0.15) is 0 Å². The lowest BCUT2D eigenvalue weighted by Gasteiger charge is -1.98. The zero-order valence-electron chi connectivity index (χ0n) is 10.7. The minimum atomic E-state index is -0.478. The molecule has 2 heterocycles. The van der Waals surface area contributed by atoms with Crippen molar-refractivity contribution in [3.63, 3.8) is 0 Å². The van der Waals surface area contributed by atoms with Crippen molar-refractivity contribution < 1.29 is 9.59 Å². The van der Waals surface area contributed by atoms with Crippen LogP contribution in [0, 0.1) is 6.92 Å². The molecule has 3 amide bonds. The van der Waals surface area contributed by atoms with Crippen LogP contribution in [-0.4, -0.2) is 16.5 Å². The molecule has 5 heteroatoms. The van der Waals surface area contributed by atoms with Crippen molar-refractivity contribution in [1.82, 2.24) is 15.2 Å². The molecule has 1 fully saturated rings. The second-order valence-corrected chi connectivity index (χ2v) is 4.54. The number of nitrogens with zero attached hydrogens (tertiary/aromatic N) is 1. The van der Waals surface area contributed by atoms with Gasteiger partial charge in [-0.05, 0) is 19.1 Å². The molecule has 1 aliphatic heterocycles. The van der Waals surface area contributed by atoms with Gasteiger partial charge in [-0.3, -0.25) is 10.1 Å². The molecule has 1 aliphatic rings. The fraction of sp³-hybridized carbons (Fsp3) is 0.143. The molecule has 1 aromatic carbocycles. The Morgan fingerprint density at radius 1 is 1.16 bits per heavy atom. The normalized spacial score (nSPS) is 17.1. The lowest BCUT2D eigenvalue weighted by atomic mass is 10.1. The van der Waals surface area contributed by atoms with Gasteiger partial charge in [-0.15, -0.1) is 0 Å². The fourth-order valence-electron chi connectivity index (χ4n) is 2.36. The highest BCUT2D eigenvalue weighted by Gasteiger charge is 2.23. The van der Waals surface area contributed by atoms with Crippen LogP contribution < -0.4 is 10.6 Å². The van der Waals surface area contributed by atoms with Gasteiger partial charge >= 0.3 is 6.03 Å². The number of para-hydroxylation sites is 1. The molecule has 0 saturated carbocycles. The number of hydrogen-bond acceptors (Lipinski definition) is 2. The largest absolute Gasteiger partial charge is 0.347 e. The Kier molecular flexibility index (Phi) is 2.41. The molecule has 0 atom stereocenters. The lowest BCUT2D eigenvalue weighted by Crippen LogP contribution is -2.22. The number of fused-ring (bicyclic) bond motifs is 1. The highest BCUT2D eigenvalue weighted by Crippen LogP contribution is 2.26. The molecular formula is C14H13N3O2. The maximum atomic E-state index is 11.6. The number of imide groups is 1. The van der Waals surface area contributed by atoms with Crippen molar-refractivity contribution >= 4 is 28.9 Å². The van der Waals surface area contributed by atoms with Crippen molar-refractivity contribution in [2.75, 3.05) is 0 Å². The number of urea groups is 1.